The highest BCUT2D eigenvalue weighted by atomic mass is 35.5. The fourth-order valence-corrected chi connectivity index (χ4v) is 2.68. The van der Waals surface area contributed by atoms with Crippen LogP contribution in [0.4, 0.5) is 0 Å². The van der Waals surface area contributed by atoms with Crippen molar-refractivity contribution in [3.05, 3.63) is 42.7 Å². The van der Waals surface area contributed by atoms with Crippen LogP contribution in [0.2, 0.25) is 0 Å². The molecule has 1 aromatic carbocycles. The lowest BCUT2D eigenvalue weighted by Gasteiger charge is -2.11. The Morgan fingerprint density at radius 1 is 1.05 bits per heavy atom. The number of aryl methyl sites for hydroxylation is 1. The molecule has 0 aliphatic heterocycles. The predicted octanol–water partition coefficient (Wildman–Crippen LogP) is 3.56. The summed E-state index contributed by atoms with van der Waals surface area (Å²) in [7, 11) is 4.24. The van der Waals surface area contributed by atoms with Crippen LogP contribution in [0.15, 0.2) is 42.7 Å². The zero-order chi connectivity index (χ0) is 13.2. The van der Waals surface area contributed by atoms with Crippen LogP contribution in [0, 0.1) is 0 Å². The van der Waals surface area contributed by atoms with Crippen molar-refractivity contribution in [2.24, 2.45) is 0 Å². The van der Waals surface area contributed by atoms with Gasteiger partial charge < -0.3 is 9.47 Å². The van der Waals surface area contributed by atoms with Crippen LogP contribution in [-0.2, 0) is 6.54 Å². The Bertz CT molecular complexity index is 650. The Morgan fingerprint density at radius 3 is 2.60 bits per heavy atom. The third-order valence-corrected chi connectivity index (χ3v) is 3.56. The van der Waals surface area contributed by atoms with E-state index >= 15 is 0 Å². The van der Waals surface area contributed by atoms with Crippen LogP contribution in [0.25, 0.3) is 21.8 Å². The van der Waals surface area contributed by atoms with Gasteiger partial charge in [-0.2, -0.15) is 0 Å². The summed E-state index contributed by atoms with van der Waals surface area (Å²) in [6, 6.07) is 10.7. The molecule has 0 aliphatic rings. The van der Waals surface area contributed by atoms with Crippen LogP contribution < -0.4 is 0 Å². The highest BCUT2D eigenvalue weighted by molar-refractivity contribution is 6.07. The van der Waals surface area contributed by atoms with Gasteiger partial charge in [-0.1, -0.05) is 18.2 Å². The molecule has 0 bridgehead atoms. The lowest BCUT2D eigenvalue weighted by molar-refractivity contribution is 0.389. The first-order valence-corrected chi connectivity index (χ1v) is 6.73. The number of halogens is 1. The quantitative estimate of drug-likeness (QED) is 0.732. The van der Waals surface area contributed by atoms with Gasteiger partial charge in [-0.3, -0.25) is 4.98 Å². The summed E-state index contributed by atoms with van der Waals surface area (Å²) in [6.07, 6.45) is 5.01. The van der Waals surface area contributed by atoms with Gasteiger partial charge in [-0.25, -0.2) is 0 Å². The number of rotatable bonds is 4. The van der Waals surface area contributed by atoms with E-state index in [-0.39, 0.29) is 12.4 Å². The molecule has 0 amide bonds. The van der Waals surface area contributed by atoms with E-state index < -0.39 is 0 Å². The minimum absolute atomic E-state index is 0. The maximum absolute atomic E-state index is 4.26. The van der Waals surface area contributed by atoms with Gasteiger partial charge >= 0.3 is 0 Å². The minimum Gasteiger partial charge on any atom is -0.340 e. The Hall–Kier alpha value is -1.58. The molecule has 3 aromatic rings. The van der Waals surface area contributed by atoms with Gasteiger partial charge in [0, 0.05) is 35.2 Å². The van der Waals surface area contributed by atoms with Gasteiger partial charge in [-0.05, 0) is 39.2 Å². The van der Waals surface area contributed by atoms with Gasteiger partial charge in [0.05, 0.1) is 5.52 Å². The number of benzene rings is 1. The van der Waals surface area contributed by atoms with Crippen molar-refractivity contribution in [3.63, 3.8) is 0 Å². The van der Waals surface area contributed by atoms with Crippen molar-refractivity contribution >= 4 is 34.2 Å². The molecule has 4 heteroatoms. The standard InChI is InChI=1S/C16H19N3.ClH/c1-18(2)10-5-11-19-15-7-4-3-6-13(15)14-12-17-9-8-16(14)19;/h3-4,6-9,12H,5,10-11H2,1-2H3;1H. The van der Waals surface area contributed by atoms with Gasteiger partial charge in [0.25, 0.3) is 0 Å². The number of pyridine rings is 1. The molecular formula is C16H20ClN3. The fraction of sp³-hybridized carbons (Fsp3) is 0.312. The SMILES string of the molecule is CN(C)CCCn1c2ccccc2c2cnccc21.Cl. The normalized spacial score (nSPS) is 11.2. The molecule has 0 atom stereocenters. The number of hydrogen-bond acceptors (Lipinski definition) is 2. The van der Waals surface area contributed by atoms with Crippen molar-refractivity contribution in [1.82, 2.24) is 14.5 Å². The second-order valence-electron chi connectivity index (χ2n) is 5.22. The molecule has 3 rings (SSSR count). The van der Waals surface area contributed by atoms with E-state index in [1.54, 1.807) is 0 Å². The monoisotopic (exact) mass is 289 g/mol. The number of para-hydroxylation sites is 1. The molecule has 0 radical (unpaired) electrons. The van der Waals surface area contributed by atoms with Gasteiger partial charge in [0.2, 0.25) is 0 Å². The molecule has 2 aromatic heterocycles. The van der Waals surface area contributed by atoms with E-state index in [1.165, 1.54) is 21.8 Å². The molecule has 0 fully saturated rings. The van der Waals surface area contributed by atoms with E-state index in [4.69, 9.17) is 0 Å². The summed E-state index contributed by atoms with van der Waals surface area (Å²) < 4.78 is 2.41. The summed E-state index contributed by atoms with van der Waals surface area (Å²) in [5.41, 5.74) is 2.60. The third-order valence-electron chi connectivity index (χ3n) is 3.56. The number of fused-ring (bicyclic) bond motifs is 3. The summed E-state index contributed by atoms with van der Waals surface area (Å²) in [4.78, 5) is 6.49. The first-order chi connectivity index (χ1) is 9.27. The van der Waals surface area contributed by atoms with Crippen LogP contribution in [0.3, 0.4) is 0 Å². The predicted molar refractivity (Wildman–Crippen MR) is 87.7 cm³/mol. The fourth-order valence-electron chi connectivity index (χ4n) is 2.68. The van der Waals surface area contributed by atoms with Crippen molar-refractivity contribution in [1.29, 1.82) is 0 Å². The third kappa shape index (κ3) is 2.65. The largest absolute Gasteiger partial charge is 0.340 e. The topological polar surface area (TPSA) is 21.1 Å². The number of nitrogens with zero attached hydrogens (tertiary/aromatic N) is 3. The van der Waals surface area contributed by atoms with Gasteiger partial charge in [0.15, 0.2) is 0 Å². The maximum Gasteiger partial charge on any atom is 0.0522 e. The zero-order valence-corrected chi connectivity index (χ0v) is 12.7. The van der Waals surface area contributed by atoms with Crippen LogP contribution in [0.5, 0.6) is 0 Å². The summed E-state index contributed by atoms with van der Waals surface area (Å²) in [6.45, 7) is 2.16. The average molecular weight is 290 g/mol. The Kier molecular flexibility index (Phi) is 4.63. The average Bonchev–Trinajstić information content (AvgIpc) is 2.74. The van der Waals surface area contributed by atoms with Crippen LogP contribution >= 0.6 is 12.4 Å². The molecule has 3 nitrogen and oxygen atoms in total. The second kappa shape index (κ2) is 6.25. The lowest BCUT2D eigenvalue weighted by Crippen LogP contribution is -2.15. The summed E-state index contributed by atoms with van der Waals surface area (Å²) >= 11 is 0. The van der Waals surface area contributed by atoms with Crippen LogP contribution in [0.1, 0.15) is 6.42 Å². The van der Waals surface area contributed by atoms with Crippen molar-refractivity contribution in [2.75, 3.05) is 20.6 Å². The van der Waals surface area contributed by atoms with Gasteiger partial charge in [0.1, 0.15) is 0 Å². The van der Waals surface area contributed by atoms with Crippen molar-refractivity contribution in [3.8, 4) is 0 Å². The highest BCUT2D eigenvalue weighted by Gasteiger charge is 2.09. The molecule has 0 unspecified atom stereocenters. The lowest BCUT2D eigenvalue weighted by atomic mass is 10.2. The Labute approximate surface area is 125 Å². The molecule has 2 heterocycles. The minimum atomic E-state index is 0. The first kappa shape index (κ1) is 14.8. The molecule has 106 valence electrons. The van der Waals surface area contributed by atoms with Gasteiger partial charge in [-0.15, -0.1) is 12.4 Å². The zero-order valence-electron chi connectivity index (χ0n) is 11.9. The molecule has 0 saturated carbocycles. The molecule has 0 N–H and O–H groups in total. The molecule has 0 aliphatic carbocycles. The first-order valence-electron chi connectivity index (χ1n) is 6.73. The van der Waals surface area contributed by atoms with Crippen molar-refractivity contribution < 1.29 is 0 Å². The van der Waals surface area contributed by atoms with E-state index in [0.29, 0.717) is 0 Å². The van der Waals surface area contributed by atoms with Crippen LogP contribution in [-0.4, -0.2) is 35.1 Å². The maximum atomic E-state index is 4.26. The van der Waals surface area contributed by atoms with E-state index in [1.807, 2.05) is 12.4 Å². The van der Waals surface area contributed by atoms with Crippen molar-refractivity contribution in [2.45, 2.75) is 13.0 Å². The highest BCUT2D eigenvalue weighted by Crippen LogP contribution is 2.28. The Morgan fingerprint density at radius 2 is 1.80 bits per heavy atom. The number of hydrogen-bond donors (Lipinski definition) is 0. The molecule has 0 saturated heterocycles. The molecule has 0 spiro atoms. The van der Waals surface area contributed by atoms with E-state index in [2.05, 4.69) is 58.9 Å². The van der Waals surface area contributed by atoms with E-state index in [0.717, 1.165) is 19.5 Å². The smallest absolute Gasteiger partial charge is 0.0522 e. The molecular weight excluding hydrogens is 270 g/mol. The number of aromatic nitrogens is 2. The summed E-state index contributed by atoms with van der Waals surface area (Å²) in [5, 5.41) is 2.55. The second-order valence-corrected chi connectivity index (χ2v) is 5.22. The molecule has 20 heavy (non-hydrogen) atoms. The summed E-state index contributed by atoms with van der Waals surface area (Å²) in [5.74, 6) is 0. The van der Waals surface area contributed by atoms with E-state index in [9.17, 15) is 0 Å². The Balaban J connectivity index is 0.00000147.